The van der Waals surface area contributed by atoms with Crippen molar-refractivity contribution in [1.82, 2.24) is 10.2 Å². The molecule has 4 aromatic rings. The standard InChI is InChI=1S/C32H30N2O5S/c1-39-28-18-12-23(13-19-28)20-34(30(35)27-16-14-26(15-17-27)25-10-6-3-7-11-25)32(38)33-29(31(36)37)22-40-21-24-8-4-2-5-9-24/h2-19,29H,20-22H2,1H3,(H,33,38)(H,36,37). The molecule has 0 aliphatic rings. The van der Waals surface area contributed by atoms with Crippen LogP contribution in [0.15, 0.2) is 109 Å². The molecule has 0 saturated carbocycles. The van der Waals surface area contributed by atoms with E-state index in [9.17, 15) is 19.5 Å². The molecule has 204 valence electrons. The smallest absolute Gasteiger partial charge is 0.327 e. The highest BCUT2D eigenvalue weighted by Crippen LogP contribution is 2.21. The molecule has 0 spiro atoms. The van der Waals surface area contributed by atoms with Crippen molar-refractivity contribution in [3.8, 4) is 16.9 Å². The van der Waals surface area contributed by atoms with Crippen LogP contribution in [0.4, 0.5) is 4.79 Å². The van der Waals surface area contributed by atoms with Crippen LogP contribution in [0.2, 0.25) is 0 Å². The number of carbonyl (C=O) groups excluding carboxylic acids is 2. The van der Waals surface area contributed by atoms with Gasteiger partial charge in [-0.1, -0.05) is 84.9 Å². The summed E-state index contributed by atoms with van der Waals surface area (Å²) in [6, 6.07) is 31.5. The van der Waals surface area contributed by atoms with E-state index >= 15 is 0 Å². The molecule has 7 nitrogen and oxygen atoms in total. The summed E-state index contributed by atoms with van der Waals surface area (Å²) in [5.74, 6) is -0.314. The molecule has 40 heavy (non-hydrogen) atoms. The summed E-state index contributed by atoms with van der Waals surface area (Å²) >= 11 is 1.40. The minimum Gasteiger partial charge on any atom is -0.497 e. The van der Waals surface area contributed by atoms with Gasteiger partial charge in [-0.05, 0) is 46.5 Å². The molecule has 0 bridgehead atoms. The zero-order valence-electron chi connectivity index (χ0n) is 22.0. The fraction of sp³-hybridized carbons (Fsp3) is 0.156. The highest BCUT2D eigenvalue weighted by Gasteiger charge is 2.28. The molecule has 1 unspecified atom stereocenters. The number of ether oxygens (including phenoxy) is 1. The second-order valence-corrected chi connectivity index (χ2v) is 10.1. The number of carbonyl (C=O) groups is 3. The number of hydrogen-bond donors (Lipinski definition) is 2. The number of carboxylic acids is 1. The number of carboxylic acid groups (broad SMARTS) is 1. The van der Waals surface area contributed by atoms with E-state index in [0.29, 0.717) is 22.6 Å². The number of nitrogens with zero attached hydrogens (tertiary/aromatic N) is 1. The maximum atomic E-state index is 13.6. The van der Waals surface area contributed by atoms with E-state index in [1.54, 1.807) is 43.5 Å². The minimum atomic E-state index is -1.17. The summed E-state index contributed by atoms with van der Waals surface area (Å²) in [7, 11) is 1.55. The summed E-state index contributed by atoms with van der Waals surface area (Å²) in [5.41, 5.74) is 4.00. The maximum Gasteiger partial charge on any atom is 0.327 e. The number of thioether (sulfide) groups is 1. The molecule has 0 aliphatic heterocycles. The molecular weight excluding hydrogens is 524 g/mol. The van der Waals surface area contributed by atoms with Crippen molar-refractivity contribution in [2.45, 2.75) is 18.3 Å². The van der Waals surface area contributed by atoms with Crippen molar-refractivity contribution >= 4 is 29.7 Å². The third-order valence-corrected chi connectivity index (χ3v) is 7.33. The van der Waals surface area contributed by atoms with Crippen LogP contribution in [0.25, 0.3) is 11.1 Å². The van der Waals surface area contributed by atoms with E-state index in [1.807, 2.05) is 72.8 Å². The molecule has 8 heteroatoms. The Hall–Kier alpha value is -4.56. The summed E-state index contributed by atoms with van der Waals surface area (Å²) in [6.07, 6.45) is 0. The fourth-order valence-electron chi connectivity index (χ4n) is 4.01. The minimum absolute atomic E-state index is 0.0431. The summed E-state index contributed by atoms with van der Waals surface area (Å²) < 4.78 is 5.21. The number of urea groups is 1. The van der Waals surface area contributed by atoms with Gasteiger partial charge in [-0.25, -0.2) is 9.59 Å². The predicted octanol–water partition coefficient (Wildman–Crippen LogP) is 6.10. The second kappa shape index (κ2) is 14.0. The Morgan fingerprint density at radius 1 is 0.800 bits per heavy atom. The van der Waals surface area contributed by atoms with Gasteiger partial charge in [0.2, 0.25) is 0 Å². The molecule has 1 atom stereocenters. The number of imide groups is 1. The average Bonchev–Trinajstić information content (AvgIpc) is 3.00. The average molecular weight is 555 g/mol. The number of methoxy groups -OCH3 is 1. The van der Waals surface area contributed by atoms with Crippen LogP contribution in [-0.4, -0.2) is 46.8 Å². The van der Waals surface area contributed by atoms with Crippen LogP contribution in [0.3, 0.4) is 0 Å². The predicted molar refractivity (Wildman–Crippen MR) is 157 cm³/mol. The van der Waals surface area contributed by atoms with Crippen LogP contribution in [0.5, 0.6) is 5.75 Å². The van der Waals surface area contributed by atoms with Gasteiger partial charge in [0, 0.05) is 17.1 Å². The SMILES string of the molecule is COc1ccc(CN(C(=O)NC(CSCc2ccccc2)C(=O)O)C(=O)c2ccc(-c3ccccc3)cc2)cc1. The molecule has 0 saturated heterocycles. The van der Waals surface area contributed by atoms with Crippen molar-refractivity contribution in [2.24, 2.45) is 0 Å². The topological polar surface area (TPSA) is 95.9 Å². The molecule has 0 heterocycles. The van der Waals surface area contributed by atoms with Crippen molar-refractivity contribution < 1.29 is 24.2 Å². The molecule has 4 aromatic carbocycles. The van der Waals surface area contributed by atoms with Gasteiger partial charge in [0.15, 0.2) is 0 Å². The number of hydrogen-bond acceptors (Lipinski definition) is 5. The van der Waals surface area contributed by atoms with Gasteiger partial charge in [0.25, 0.3) is 5.91 Å². The van der Waals surface area contributed by atoms with Gasteiger partial charge >= 0.3 is 12.0 Å². The lowest BCUT2D eigenvalue weighted by Gasteiger charge is -2.24. The van der Waals surface area contributed by atoms with Crippen LogP contribution in [0, 0.1) is 0 Å². The van der Waals surface area contributed by atoms with Crippen molar-refractivity contribution in [1.29, 1.82) is 0 Å². The third-order valence-electron chi connectivity index (χ3n) is 6.22. The Morgan fingerprint density at radius 3 is 2.00 bits per heavy atom. The molecule has 4 rings (SSSR count). The second-order valence-electron chi connectivity index (χ2n) is 9.02. The van der Waals surface area contributed by atoms with Gasteiger partial charge in [-0.2, -0.15) is 11.8 Å². The lowest BCUT2D eigenvalue weighted by Crippen LogP contribution is -2.50. The monoisotopic (exact) mass is 554 g/mol. The normalized spacial score (nSPS) is 11.3. The highest BCUT2D eigenvalue weighted by molar-refractivity contribution is 7.98. The highest BCUT2D eigenvalue weighted by atomic mass is 32.2. The van der Waals surface area contributed by atoms with Crippen molar-refractivity contribution in [3.63, 3.8) is 0 Å². The third kappa shape index (κ3) is 7.74. The van der Waals surface area contributed by atoms with E-state index in [0.717, 1.165) is 21.6 Å². The van der Waals surface area contributed by atoms with Crippen LogP contribution >= 0.6 is 11.8 Å². The molecule has 0 aromatic heterocycles. The number of rotatable bonds is 11. The van der Waals surface area contributed by atoms with Crippen LogP contribution < -0.4 is 10.1 Å². The first-order valence-electron chi connectivity index (χ1n) is 12.7. The summed E-state index contributed by atoms with van der Waals surface area (Å²) in [4.78, 5) is 40.1. The molecule has 0 aliphatic carbocycles. The number of amides is 3. The quantitative estimate of drug-likeness (QED) is 0.233. The molecular formula is C32H30N2O5S. The lowest BCUT2D eigenvalue weighted by molar-refractivity contribution is -0.138. The van der Waals surface area contributed by atoms with Gasteiger partial charge in [-0.3, -0.25) is 9.69 Å². The first-order valence-corrected chi connectivity index (χ1v) is 13.9. The summed E-state index contributed by atoms with van der Waals surface area (Å²) in [6.45, 7) is -0.0431. The van der Waals surface area contributed by atoms with E-state index in [1.165, 1.54) is 11.8 Å². The first kappa shape index (κ1) is 28.4. The zero-order valence-corrected chi connectivity index (χ0v) is 22.8. The first-order chi connectivity index (χ1) is 19.4. The maximum absolute atomic E-state index is 13.6. The Balaban J connectivity index is 1.52. The van der Waals surface area contributed by atoms with Gasteiger partial charge in [-0.15, -0.1) is 0 Å². The van der Waals surface area contributed by atoms with E-state index in [2.05, 4.69) is 5.32 Å². The Kier molecular flexibility index (Phi) is 9.96. The number of nitrogens with one attached hydrogen (secondary N) is 1. The van der Waals surface area contributed by atoms with Crippen LogP contribution in [0.1, 0.15) is 21.5 Å². The lowest BCUT2D eigenvalue weighted by atomic mass is 10.0. The van der Waals surface area contributed by atoms with Gasteiger partial charge in [0.05, 0.1) is 13.7 Å². The molecule has 2 N–H and O–H groups in total. The number of benzene rings is 4. The van der Waals surface area contributed by atoms with Gasteiger partial charge < -0.3 is 15.2 Å². The fourth-order valence-corrected chi connectivity index (χ4v) is 5.02. The Morgan fingerprint density at radius 2 is 1.40 bits per heavy atom. The molecule has 0 fully saturated rings. The Bertz CT molecular complexity index is 1410. The molecule has 0 radical (unpaired) electrons. The Labute approximate surface area is 237 Å². The van der Waals surface area contributed by atoms with Gasteiger partial charge in [0.1, 0.15) is 11.8 Å². The zero-order chi connectivity index (χ0) is 28.3. The van der Waals surface area contributed by atoms with E-state index in [-0.39, 0.29) is 12.3 Å². The van der Waals surface area contributed by atoms with E-state index in [4.69, 9.17) is 4.74 Å². The van der Waals surface area contributed by atoms with Crippen molar-refractivity contribution in [2.75, 3.05) is 12.9 Å². The number of aliphatic carboxylic acids is 1. The van der Waals surface area contributed by atoms with Crippen molar-refractivity contribution in [3.05, 3.63) is 126 Å². The molecule has 3 amide bonds. The summed E-state index contributed by atoms with van der Waals surface area (Å²) in [5, 5.41) is 12.4. The largest absolute Gasteiger partial charge is 0.497 e. The van der Waals surface area contributed by atoms with Crippen LogP contribution in [-0.2, 0) is 17.1 Å². The van der Waals surface area contributed by atoms with E-state index < -0.39 is 23.9 Å².